The molecule has 0 saturated carbocycles. The van der Waals surface area contributed by atoms with E-state index in [2.05, 4.69) is 20.8 Å². The third-order valence-corrected chi connectivity index (χ3v) is 7.42. The number of unbranched alkanes of at least 4 members (excludes halogenated alkanes) is 1. The predicted molar refractivity (Wildman–Crippen MR) is 92.3 cm³/mol. The summed E-state index contributed by atoms with van der Waals surface area (Å²) < 4.78 is 27.1. The third kappa shape index (κ3) is 6.43. The Bertz CT molecular complexity index is 406. The summed E-state index contributed by atoms with van der Waals surface area (Å²) in [5.41, 5.74) is 0. The number of rotatable bonds is 10. The van der Waals surface area contributed by atoms with Gasteiger partial charge in [0.15, 0.2) is 5.82 Å². The first-order chi connectivity index (χ1) is 10.1. The number of hydrogen-bond donors (Lipinski definition) is 0. The van der Waals surface area contributed by atoms with E-state index in [0.29, 0.717) is 0 Å². The summed E-state index contributed by atoms with van der Waals surface area (Å²) in [6.45, 7) is 6.64. The Kier molecular flexibility index (Phi) is 9.08. The molecule has 0 amide bonds. The highest BCUT2D eigenvalue weighted by Crippen LogP contribution is 2.38. The van der Waals surface area contributed by atoms with Crippen molar-refractivity contribution in [3.63, 3.8) is 0 Å². The zero-order chi connectivity index (χ0) is 15.7. The normalized spacial score (nSPS) is 14.1. The first-order valence-electron chi connectivity index (χ1n) is 8.42. The summed E-state index contributed by atoms with van der Waals surface area (Å²) in [4.78, 5) is 0. The van der Waals surface area contributed by atoms with E-state index in [0.717, 1.165) is 36.0 Å². The second kappa shape index (κ2) is 10.3. The van der Waals surface area contributed by atoms with Gasteiger partial charge in [-0.15, -0.1) is 0 Å². The Balaban J connectivity index is 2.68. The molecule has 2 atom stereocenters. The molecule has 1 aromatic rings. The van der Waals surface area contributed by atoms with Gasteiger partial charge in [-0.05, 0) is 30.9 Å². The lowest BCUT2D eigenvalue weighted by Crippen LogP contribution is -2.13. The molecule has 0 heterocycles. The molecule has 21 heavy (non-hydrogen) atoms. The first kappa shape index (κ1) is 18.6. The Morgan fingerprint density at radius 1 is 1.00 bits per heavy atom. The van der Waals surface area contributed by atoms with Crippen LogP contribution in [0.25, 0.3) is 0 Å². The standard InChI is InChI=1S/C18H29F2P/c1-4-7-8-15(6-3)11-13-21(12-5-2)18-10-9-16(19)14-17(18)20/h9-10,14-15H,4-8,11-13H2,1-3H3/p+1. The van der Waals surface area contributed by atoms with Crippen LogP contribution in [-0.4, -0.2) is 12.3 Å². The van der Waals surface area contributed by atoms with Crippen molar-refractivity contribution in [2.24, 2.45) is 5.92 Å². The Hall–Kier alpha value is -0.490. The summed E-state index contributed by atoms with van der Waals surface area (Å²) in [5, 5.41) is 0.800. The summed E-state index contributed by atoms with van der Waals surface area (Å²) in [6, 6.07) is 4.14. The first-order valence-corrected chi connectivity index (χ1v) is 10.3. The SMILES string of the molecule is CCCCC(CC)CC[PH+](CCC)c1ccc(F)cc1F. The Labute approximate surface area is 130 Å². The van der Waals surface area contributed by atoms with E-state index >= 15 is 0 Å². The largest absolute Gasteiger partial charge is 0.207 e. The maximum Gasteiger partial charge on any atom is 0.167 e. The monoisotopic (exact) mass is 315 g/mol. The highest BCUT2D eigenvalue weighted by Gasteiger charge is 2.23. The molecule has 0 nitrogen and oxygen atoms in total. The van der Waals surface area contributed by atoms with Gasteiger partial charge < -0.3 is 0 Å². The lowest BCUT2D eigenvalue weighted by Gasteiger charge is -2.16. The van der Waals surface area contributed by atoms with Crippen LogP contribution in [0.2, 0.25) is 0 Å². The van der Waals surface area contributed by atoms with Crippen molar-refractivity contribution in [2.75, 3.05) is 12.3 Å². The van der Waals surface area contributed by atoms with Gasteiger partial charge in [-0.3, -0.25) is 0 Å². The van der Waals surface area contributed by atoms with Gasteiger partial charge in [-0.1, -0.05) is 46.5 Å². The van der Waals surface area contributed by atoms with Gasteiger partial charge >= 0.3 is 0 Å². The van der Waals surface area contributed by atoms with Crippen molar-refractivity contribution in [3.05, 3.63) is 29.8 Å². The molecular formula is C18H30F2P+. The van der Waals surface area contributed by atoms with Gasteiger partial charge in [0, 0.05) is 14.0 Å². The van der Waals surface area contributed by atoms with E-state index in [-0.39, 0.29) is 5.82 Å². The molecular weight excluding hydrogens is 285 g/mol. The minimum absolute atomic E-state index is 0.334. The van der Waals surface area contributed by atoms with E-state index in [1.165, 1.54) is 38.2 Å². The number of halogens is 2. The van der Waals surface area contributed by atoms with Crippen LogP contribution >= 0.6 is 7.92 Å². The van der Waals surface area contributed by atoms with Crippen molar-refractivity contribution >= 4 is 13.2 Å². The molecule has 0 radical (unpaired) electrons. The van der Waals surface area contributed by atoms with Crippen LogP contribution in [0, 0.1) is 17.6 Å². The molecule has 1 aromatic carbocycles. The van der Waals surface area contributed by atoms with Crippen LogP contribution in [0.3, 0.4) is 0 Å². The molecule has 1 rings (SSSR count). The maximum atomic E-state index is 14.0. The zero-order valence-electron chi connectivity index (χ0n) is 13.7. The topological polar surface area (TPSA) is 0 Å². The average Bonchev–Trinajstić information content (AvgIpc) is 2.46. The molecule has 3 heteroatoms. The molecule has 0 aromatic heterocycles. The van der Waals surface area contributed by atoms with Gasteiger partial charge in [-0.2, -0.15) is 0 Å². The minimum atomic E-state index is -0.891. The highest BCUT2D eigenvalue weighted by molar-refractivity contribution is 7.65. The van der Waals surface area contributed by atoms with E-state index in [4.69, 9.17) is 0 Å². The van der Waals surface area contributed by atoms with Crippen molar-refractivity contribution < 1.29 is 8.78 Å². The number of benzene rings is 1. The van der Waals surface area contributed by atoms with Gasteiger partial charge in [0.2, 0.25) is 0 Å². The second-order valence-corrected chi connectivity index (χ2v) is 8.68. The van der Waals surface area contributed by atoms with E-state index in [1.54, 1.807) is 6.07 Å². The minimum Gasteiger partial charge on any atom is -0.207 e. The van der Waals surface area contributed by atoms with Crippen LogP contribution in [-0.2, 0) is 0 Å². The Morgan fingerprint density at radius 3 is 2.33 bits per heavy atom. The number of hydrogen-bond acceptors (Lipinski definition) is 0. The smallest absolute Gasteiger partial charge is 0.167 e. The fraction of sp³-hybridized carbons (Fsp3) is 0.667. The van der Waals surface area contributed by atoms with E-state index in [1.807, 2.05) is 0 Å². The fourth-order valence-electron chi connectivity index (χ4n) is 2.90. The lowest BCUT2D eigenvalue weighted by molar-refractivity contribution is 0.441. The predicted octanol–water partition coefficient (Wildman–Crippen LogP) is 5.82. The molecule has 0 aliphatic rings. The highest BCUT2D eigenvalue weighted by atomic mass is 31.1. The Morgan fingerprint density at radius 2 is 1.76 bits per heavy atom. The molecule has 0 aliphatic heterocycles. The van der Waals surface area contributed by atoms with Gasteiger partial charge in [0.05, 0.1) is 12.3 Å². The molecule has 0 fully saturated rings. The second-order valence-electron chi connectivity index (χ2n) is 5.93. The van der Waals surface area contributed by atoms with E-state index < -0.39 is 13.7 Å². The molecule has 0 spiro atoms. The van der Waals surface area contributed by atoms with Crippen LogP contribution in [0.5, 0.6) is 0 Å². The van der Waals surface area contributed by atoms with Crippen LogP contribution < -0.4 is 5.30 Å². The van der Waals surface area contributed by atoms with Crippen molar-refractivity contribution in [3.8, 4) is 0 Å². The third-order valence-electron chi connectivity index (χ3n) is 4.26. The van der Waals surface area contributed by atoms with Crippen LogP contribution in [0.4, 0.5) is 8.78 Å². The van der Waals surface area contributed by atoms with Crippen LogP contribution in [0.15, 0.2) is 18.2 Å². The van der Waals surface area contributed by atoms with Crippen LogP contribution in [0.1, 0.15) is 59.3 Å². The summed E-state index contributed by atoms with van der Waals surface area (Å²) in [6.07, 6.45) is 9.52. The van der Waals surface area contributed by atoms with Gasteiger partial charge in [-0.25, -0.2) is 8.78 Å². The van der Waals surface area contributed by atoms with Gasteiger partial charge in [0.1, 0.15) is 11.1 Å². The van der Waals surface area contributed by atoms with Crippen molar-refractivity contribution in [1.82, 2.24) is 0 Å². The lowest BCUT2D eigenvalue weighted by atomic mass is 9.97. The molecule has 0 aliphatic carbocycles. The molecule has 2 unspecified atom stereocenters. The van der Waals surface area contributed by atoms with E-state index in [9.17, 15) is 8.78 Å². The quantitative estimate of drug-likeness (QED) is 0.477. The summed E-state index contributed by atoms with van der Waals surface area (Å²) in [5.74, 6) is -0.0345. The average molecular weight is 315 g/mol. The van der Waals surface area contributed by atoms with Crippen molar-refractivity contribution in [2.45, 2.75) is 59.3 Å². The summed E-state index contributed by atoms with van der Waals surface area (Å²) in [7, 11) is -0.891. The molecule has 0 saturated heterocycles. The maximum absolute atomic E-state index is 14.0. The van der Waals surface area contributed by atoms with Crippen molar-refractivity contribution in [1.29, 1.82) is 0 Å². The summed E-state index contributed by atoms with van der Waals surface area (Å²) >= 11 is 0. The molecule has 120 valence electrons. The molecule has 0 N–H and O–H groups in total. The van der Waals surface area contributed by atoms with Gasteiger partial charge in [0.25, 0.3) is 0 Å². The zero-order valence-corrected chi connectivity index (χ0v) is 14.7. The molecule has 0 bridgehead atoms. The fourth-order valence-corrected chi connectivity index (χ4v) is 5.77.